The lowest BCUT2D eigenvalue weighted by Gasteiger charge is -2.30. The fourth-order valence-electron chi connectivity index (χ4n) is 4.00. The lowest BCUT2D eigenvalue weighted by atomic mass is 9.87. The van der Waals surface area contributed by atoms with E-state index in [1.165, 1.54) is 0 Å². The van der Waals surface area contributed by atoms with E-state index in [0.29, 0.717) is 30.1 Å². The molecule has 0 radical (unpaired) electrons. The van der Waals surface area contributed by atoms with Crippen molar-refractivity contribution in [2.75, 3.05) is 11.4 Å². The molecule has 1 atom stereocenters. The van der Waals surface area contributed by atoms with Crippen molar-refractivity contribution in [3.8, 4) is 0 Å². The number of ketones is 1. The number of carbonyl (C=O) groups is 1. The highest BCUT2D eigenvalue weighted by Crippen LogP contribution is 2.40. The summed E-state index contributed by atoms with van der Waals surface area (Å²) in [6.07, 6.45) is 2.18. The van der Waals surface area contributed by atoms with Crippen LogP contribution in [0.3, 0.4) is 0 Å². The Balaban J connectivity index is 1.65. The molecule has 0 unspecified atom stereocenters. The van der Waals surface area contributed by atoms with Crippen molar-refractivity contribution in [3.05, 3.63) is 65.4 Å². The minimum atomic E-state index is -1.55. The van der Waals surface area contributed by atoms with Crippen molar-refractivity contribution in [1.82, 2.24) is 4.98 Å². The molecule has 3 aromatic rings. The average molecular weight is 357 g/mol. The van der Waals surface area contributed by atoms with Crippen molar-refractivity contribution in [2.24, 2.45) is 4.99 Å². The van der Waals surface area contributed by atoms with Gasteiger partial charge in [0.2, 0.25) is 5.78 Å². The first-order chi connectivity index (χ1) is 13.0. The van der Waals surface area contributed by atoms with Gasteiger partial charge in [0.1, 0.15) is 5.84 Å². The minimum absolute atomic E-state index is 0.257. The van der Waals surface area contributed by atoms with Crippen LogP contribution in [0.25, 0.3) is 10.9 Å². The van der Waals surface area contributed by atoms with Crippen LogP contribution in [0.5, 0.6) is 0 Å². The van der Waals surface area contributed by atoms with Crippen LogP contribution in [0.15, 0.2) is 53.7 Å². The first-order valence-corrected chi connectivity index (χ1v) is 9.07. The molecular formula is C22H19N3O2. The molecule has 0 spiro atoms. The van der Waals surface area contributed by atoms with Gasteiger partial charge in [0.25, 0.3) is 0 Å². The minimum Gasteiger partial charge on any atom is -0.374 e. The van der Waals surface area contributed by atoms with Gasteiger partial charge in [-0.25, -0.2) is 4.99 Å². The van der Waals surface area contributed by atoms with E-state index >= 15 is 0 Å². The molecule has 1 saturated heterocycles. The second kappa shape index (κ2) is 5.47. The number of Topliss-reactive ketones (excluding diaryl/α,β-unsaturated/α-hetero) is 1. The van der Waals surface area contributed by atoms with Crippen molar-refractivity contribution in [1.29, 1.82) is 0 Å². The summed E-state index contributed by atoms with van der Waals surface area (Å²) in [7, 11) is 0. The lowest BCUT2D eigenvalue weighted by Crippen LogP contribution is -2.48. The van der Waals surface area contributed by atoms with Gasteiger partial charge in [0, 0.05) is 35.8 Å². The first kappa shape index (κ1) is 16.1. The number of hydrogen-bond acceptors (Lipinski definition) is 5. The summed E-state index contributed by atoms with van der Waals surface area (Å²) in [4.78, 5) is 24.1. The Kier molecular flexibility index (Phi) is 3.27. The van der Waals surface area contributed by atoms with Crippen LogP contribution in [0, 0.1) is 13.8 Å². The van der Waals surface area contributed by atoms with E-state index in [-0.39, 0.29) is 5.78 Å². The third-order valence-electron chi connectivity index (χ3n) is 5.43. The van der Waals surface area contributed by atoms with Crippen LogP contribution < -0.4 is 4.90 Å². The van der Waals surface area contributed by atoms with Gasteiger partial charge < -0.3 is 10.0 Å². The zero-order chi connectivity index (χ0) is 18.8. The Morgan fingerprint density at radius 3 is 2.78 bits per heavy atom. The molecule has 1 fully saturated rings. The molecular weight excluding hydrogens is 338 g/mol. The molecule has 1 N–H and O–H groups in total. The number of aliphatic imine (C=N–C) groups is 1. The molecule has 27 heavy (non-hydrogen) atoms. The third kappa shape index (κ3) is 2.32. The van der Waals surface area contributed by atoms with E-state index in [1.54, 1.807) is 0 Å². The molecule has 0 aliphatic carbocycles. The van der Waals surface area contributed by atoms with Gasteiger partial charge in [0.05, 0.1) is 11.2 Å². The second-order valence-corrected chi connectivity index (χ2v) is 7.44. The highest BCUT2D eigenvalue weighted by atomic mass is 16.3. The lowest BCUT2D eigenvalue weighted by molar-refractivity contribution is 0.0602. The van der Waals surface area contributed by atoms with Gasteiger partial charge in [-0.05, 0) is 55.8 Å². The molecule has 0 amide bonds. The number of aromatic nitrogens is 1. The van der Waals surface area contributed by atoms with E-state index < -0.39 is 5.60 Å². The van der Waals surface area contributed by atoms with E-state index in [0.717, 1.165) is 27.7 Å². The van der Waals surface area contributed by atoms with Crippen LogP contribution in [-0.4, -0.2) is 33.9 Å². The van der Waals surface area contributed by atoms with Gasteiger partial charge in [-0.3, -0.25) is 9.78 Å². The number of fused-ring (bicyclic) bond motifs is 3. The van der Waals surface area contributed by atoms with Crippen molar-refractivity contribution < 1.29 is 9.90 Å². The zero-order valence-electron chi connectivity index (χ0n) is 15.2. The summed E-state index contributed by atoms with van der Waals surface area (Å²) < 4.78 is 0. The highest BCUT2D eigenvalue weighted by molar-refractivity contribution is 6.28. The molecule has 2 aliphatic heterocycles. The largest absolute Gasteiger partial charge is 0.374 e. The third-order valence-corrected chi connectivity index (χ3v) is 5.43. The maximum Gasteiger partial charge on any atom is 0.204 e. The number of carbonyl (C=O) groups excluding carboxylic acids is 1. The monoisotopic (exact) mass is 357 g/mol. The predicted octanol–water partition coefficient (Wildman–Crippen LogP) is 3.72. The van der Waals surface area contributed by atoms with Crippen molar-refractivity contribution in [3.63, 3.8) is 0 Å². The number of benzene rings is 2. The fourth-order valence-corrected chi connectivity index (χ4v) is 4.00. The topological polar surface area (TPSA) is 65.8 Å². The SMILES string of the molecule is Cc1ccc2c(c1)C(=O)[C@]1(O)CCN(c3ccc4ncc(C)cc4c3)C1=N2. The van der Waals surface area contributed by atoms with Gasteiger partial charge in [-0.1, -0.05) is 11.6 Å². The summed E-state index contributed by atoms with van der Waals surface area (Å²) in [5, 5.41) is 12.2. The number of amidine groups is 1. The first-order valence-electron chi connectivity index (χ1n) is 9.07. The summed E-state index contributed by atoms with van der Waals surface area (Å²) in [6.45, 7) is 4.48. The molecule has 0 bridgehead atoms. The number of nitrogens with zero attached hydrogens (tertiary/aromatic N) is 3. The summed E-state index contributed by atoms with van der Waals surface area (Å²) in [5.41, 5.74) is 3.47. The highest BCUT2D eigenvalue weighted by Gasteiger charge is 2.52. The summed E-state index contributed by atoms with van der Waals surface area (Å²) in [5.74, 6) is 0.163. The maximum atomic E-state index is 13.0. The van der Waals surface area contributed by atoms with Crippen LogP contribution in [0.1, 0.15) is 27.9 Å². The Hall–Kier alpha value is -3.05. The van der Waals surface area contributed by atoms with Crippen LogP contribution in [0.4, 0.5) is 11.4 Å². The Labute approximate surface area is 157 Å². The number of rotatable bonds is 1. The van der Waals surface area contributed by atoms with Gasteiger partial charge in [-0.15, -0.1) is 0 Å². The molecule has 2 aliphatic rings. The number of aliphatic hydroxyl groups is 1. The van der Waals surface area contributed by atoms with E-state index in [4.69, 9.17) is 0 Å². The van der Waals surface area contributed by atoms with Crippen molar-refractivity contribution >= 4 is 33.9 Å². The molecule has 1 aromatic heterocycles. The van der Waals surface area contributed by atoms with E-state index in [1.807, 2.05) is 61.3 Å². The molecule has 2 aromatic carbocycles. The fraction of sp³-hybridized carbons (Fsp3) is 0.227. The number of hydrogen-bond donors (Lipinski definition) is 1. The van der Waals surface area contributed by atoms with Gasteiger partial charge in [-0.2, -0.15) is 0 Å². The zero-order valence-corrected chi connectivity index (χ0v) is 15.2. The van der Waals surface area contributed by atoms with E-state index in [2.05, 4.69) is 16.0 Å². The van der Waals surface area contributed by atoms with Crippen LogP contribution in [-0.2, 0) is 0 Å². The number of aryl methyl sites for hydroxylation is 2. The maximum absolute atomic E-state index is 13.0. The molecule has 5 heteroatoms. The predicted molar refractivity (Wildman–Crippen MR) is 106 cm³/mol. The Morgan fingerprint density at radius 1 is 1.07 bits per heavy atom. The molecule has 134 valence electrons. The number of pyridine rings is 1. The quantitative estimate of drug-likeness (QED) is 0.721. The van der Waals surface area contributed by atoms with Gasteiger partial charge >= 0.3 is 0 Å². The smallest absolute Gasteiger partial charge is 0.204 e. The molecule has 5 rings (SSSR count). The summed E-state index contributed by atoms with van der Waals surface area (Å²) in [6, 6.07) is 13.6. The van der Waals surface area contributed by atoms with Gasteiger partial charge in [0.15, 0.2) is 5.60 Å². The van der Waals surface area contributed by atoms with Crippen molar-refractivity contribution in [2.45, 2.75) is 25.9 Å². The Bertz CT molecular complexity index is 1150. The normalized spacial score (nSPS) is 21.2. The summed E-state index contributed by atoms with van der Waals surface area (Å²) >= 11 is 0. The number of anilines is 1. The second-order valence-electron chi connectivity index (χ2n) is 7.44. The molecule has 5 nitrogen and oxygen atoms in total. The van der Waals surface area contributed by atoms with Crippen LogP contribution in [0.2, 0.25) is 0 Å². The molecule has 0 saturated carbocycles. The Morgan fingerprint density at radius 2 is 1.93 bits per heavy atom. The standard InChI is InChI=1S/C22H19N3O2/c1-13-3-5-19-17(10-13)20(26)22(27)7-8-25(21(22)24-19)16-4-6-18-15(11-16)9-14(2)12-23-18/h3-6,9-12,27H,7-8H2,1-2H3/t22-/m1/s1. The van der Waals surface area contributed by atoms with Crippen LogP contribution >= 0.6 is 0 Å². The molecule has 3 heterocycles. The van der Waals surface area contributed by atoms with E-state index in [9.17, 15) is 9.90 Å². The average Bonchev–Trinajstić information content (AvgIpc) is 3.00.